The van der Waals surface area contributed by atoms with E-state index in [4.69, 9.17) is 10.3 Å². The number of carbonyl (C=O) groups excluding carboxylic acids is 2. The zero-order valence-electron chi connectivity index (χ0n) is 16.6. The van der Waals surface area contributed by atoms with E-state index >= 15 is 0 Å². The Balaban J connectivity index is 0.00000300. The van der Waals surface area contributed by atoms with Crippen LogP contribution in [0.1, 0.15) is 45.4 Å². The number of Topliss-reactive ketones (excluding diaryl/α,β-unsaturated/α-hetero) is 1. The van der Waals surface area contributed by atoms with Crippen molar-refractivity contribution in [2.75, 3.05) is 5.73 Å². The van der Waals surface area contributed by atoms with Crippen LogP contribution in [0.2, 0.25) is 0 Å². The first kappa shape index (κ1) is 23.4. The number of nitrogens with zero attached hydrogens (tertiary/aromatic N) is 2. The molecule has 0 radical (unpaired) electrons. The molecule has 0 spiro atoms. The second-order valence-corrected chi connectivity index (χ2v) is 6.43. The van der Waals surface area contributed by atoms with Gasteiger partial charge in [0.2, 0.25) is 0 Å². The van der Waals surface area contributed by atoms with Crippen LogP contribution in [-0.2, 0) is 13.0 Å². The molecule has 0 bridgehead atoms. The van der Waals surface area contributed by atoms with E-state index in [-0.39, 0.29) is 92.7 Å². The van der Waals surface area contributed by atoms with Gasteiger partial charge in [-0.25, -0.2) is 0 Å². The first-order chi connectivity index (χ1) is 13.3. The standard InChI is InChI=1S/C20H21N3O5.K/c1-3-23-10-14(17(19(23)21)20(26)27)15(25)8-9-16-11(2)18(22-28-16)12-4-6-13(24)7-5-12;/h4-7,10,24H,3,8-9,21H2,1-2H3,(H,26,27);/q;+1/p-1. The molecule has 3 aromatic rings. The maximum Gasteiger partial charge on any atom is 1.00 e. The van der Waals surface area contributed by atoms with Crippen molar-refractivity contribution >= 4 is 17.6 Å². The first-order valence-corrected chi connectivity index (χ1v) is 8.81. The fourth-order valence-electron chi connectivity index (χ4n) is 3.11. The van der Waals surface area contributed by atoms with Gasteiger partial charge in [-0.05, 0) is 38.1 Å². The average molecular weight is 421 g/mol. The Morgan fingerprint density at radius 1 is 1.28 bits per heavy atom. The zero-order chi connectivity index (χ0) is 20.4. The van der Waals surface area contributed by atoms with Gasteiger partial charge in [-0.2, -0.15) is 0 Å². The van der Waals surface area contributed by atoms with Gasteiger partial charge in [-0.1, -0.05) is 5.16 Å². The molecule has 2 heterocycles. The van der Waals surface area contributed by atoms with E-state index < -0.39 is 5.97 Å². The minimum absolute atomic E-state index is 0. The fraction of sp³-hybridized carbons (Fsp3) is 0.250. The van der Waals surface area contributed by atoms with Crippen LogP contribution < -0.4 is 62.2 Å². The third-order valence-electron chi connectivity index (χ3n) is 4.71. The second kappa shape index (κ2) is 9.73. The summed E-state index contributed by atoms with van der Waals surface area (Å²) >= 11 is 0. The van der Waals surface area contributed by atoms with E-state index in [1.807, 2.05) is 6.92 Å². The summed E-state index contributed by atoms with van der Waals surface area (Å²) in [6.07, 6.45) is 1.75. The topological polar surface area (TPSA) is 134 Å². The number of phenolic OH excluding ortho intramolecular Hbond substituents is 1. The molecule has 0 aliphatic heterocycles. The molecule has 0 amide bonds. The number of phenols is 1. The molecule has 0 saturated heterocycles. The van der Waals surface area contributed by atoms with Gasteiger partial charge in [0.15, 0.2) is 5.78 Å². The summed E-state index contributed by atoms with van der Waals surface area (Å²) in [6, 6.07) is 6.54. The number of hydrogen-bond acceptors (Lipinski definition) is 7. The minimum Gasteiger partial charge on any atom is -0.545 e. The molecule has 3 rings (SSSR count). The Morgan fingerprint density at radius 2 is 1.93 bits per heavy atom. The van der Waals surface area contributed by atoms with Crippen molar-refractivity contribution in [1.82, 2.24) is 9.72 Å². The largest absolute Gasteiger partial charge is 1.00 e. The summed E-state index contributed by atoms with van der Waals surface area (Å²) < 4.78 is 6.87. The number of nitrogen functional groups attached to an aromatic ring is 1. The Morgan fingerprint density at radius 3 is 2.52 bits per heavy atom. The Bertz CT molecular complexity index is 1040. The van der Waals surface area contributed by atoms with Crippen LogP contribution in [0.5, 0.6) is 5.75 Å². The SMILES string of the molecule is CCn1cc(C(=O)CCc2onc(-c3ccc(O)cc3)c2C)c(C(=O)[O-])c1N.[K+]. The molecule has 146 valence electrons. The third kappa shape index (κ3) is 4.81. The van der Waals surface area contributed by atoms with Gasteiger partial charge in [0, 0.05) is 47.8 Å². The van der Waals surface area contributed by atoms with Crippen LogP contribution in [0.15, 0.2) is 35.0 Å². The molecule has 0 atom stereocenters. The molecule has 0 fully saturated rings. The number of rotatable bonds is 7. The molecule has 3 N–H and O–H groups in total. The van der Waals surface area contributed by atoms with Crippen molar-refractivity contribution in [3.63, 3.8) is 0 Å². The molecule has 1 aromatic carbocycles. The molecule has 0 saturated carbocycles. The minimum atomic E-state index is -1.47. The van der Waals surface area contributed by atoms with E-state index in [0.717, 1.165) is 11.1 Å². The molecule has 0 unspecified atom stereocenters. The van der Waals surface area contributed by atoms with Gasteiger partial charge in [0.25, 0.3) is 0 Å². The molecule has 29 heavy (non-hydrogen) atoms. The maximum absolute atomic E-state index is 12.6. The van der Waals surface area contributed by atoms with Gasteiger partial charge in [-0.15, -0.1) is 0 Å². The van der Waals surface area contributed by atoms with Crippen molar-refractivity contribution in [3.8, 4) is 17.0 Å². The number of benzene rings is 1. The monoisotopic (exact) mass is 421 g/mol. The van der Waals surface area contributed by atoms with Gasteiger partial charge in [0.1, 0.15) is 23.0 Å². The number of carbonyl (C=O) groups is 2. The molecule has 0 aliphatic carbocycles. The molecule has 0 aliphatic rings. The van der Waals surface area contributed by atoms with Crippen LogP contribution in [0, 0.1) is 6.92 Å². The second-order valence-electron chi connectivity index (χ2n) is 6.43. The third-order valence-corrected chi connectivity index (χ3v) is 4.71. The number of aromatic hydroxyl groups is 1. The summed E-state index contributed by atoms with van der Waals surface area (Å²) in [5.74, 6) is -1.14. The number of aromatic nitrogens is 2. The molecule has 2 aromatic heterocycles. The van der Waals surface area contributed by atoms with Gasteiger partial charge in [0.05, 0.1) is 5.97 Å². The summed E-state index contributed by atoms with van der Waals surface area (Å²) in [7, 11) is 0. The number of hydrogen-bond donors (Lipinski definition) is 2. The van der Waals surface area contributed by atoms with E-state index in [2.05, 4.69) is 5.16 Å². The Kier molecular flexibility index (Phi) is 7.84. The molecular weight excluding hydrogens is 401 g/mol. The smallest absolute Gasteiger partial charge is 0.545 e. The van der Waals surface area contributed by atoms with Crippen molar-refractivity contribution in [2.45, 2.75) is 33.2 Å². The number of carboxylic acid groups (broad SMARTS) is 1. The number of nitrogens with two attached hydrogens (primary N) is 1. The fourth-order valence-corrected chi connectivity index (χ4v) is 3.11. The van der Waals surface area contributed by atoms with Crippen LogP contribution in [-0.4, -0.2) is 26.6 Å². The quantitative estimate of drug-likeness (QED) is 0.367. The number of aryl methyl sites for hydroxylation is 2. The van der Waals surface area contributed by atoms with Crippen LogP contribution in [0.4, 0.5) is 5.82 Å². The van der Waals surface area contributed by atoms with Crippen LogP contribution in [0.3, 0.4) is 0 Å². The summed E-state index contributed by atoms with van der Waals surface area (Å²) in [6.45, 7) is 4.07. The summed E-state index contributed by atoms with van der Waals surface area (Å²) in [5, 5.41) is 24.8. The van der Waals surface area contributed by atoms with Crippen molar-refractivity contribution < 1.29 is 75.7 Å². The van der Waals surface area contributed by atoms with Gasteiger partial charge in [-0.3, -0.25) is 4.79 Å². The molecular formula is C20H20KN3O5. The maximum atomic E-state index is 12.6. The predicted octanol–water partition coefficient (Wildman–Crippen LogP) is -1.06. The van der Waals surface area contributed by atoms with Gasteiger partial charge < -0.3 is 29.8 Å². The van der Waals surface area contributed by atoms with Crippen molar-refractivity contribution in [2.24, 2.45) is 0 Å². The van der Waals surface area contributed by atoms with Crippen LogP contribution >= 0.6 is 0 Å². The van der Waals surface area contributed by atoms with E-state index in [9.17, 15) is 19.8 Å². The van der Waals surface area contributed by atoms with E-state index in [0.29, 0.717) is 18.0 Å². The van der Waals surface area contributed by atoms with Gasteiger partial charge >= 0.3 is 51.4 Å². The predicted molar refractivity (Wildman–Crippen MR) is 99.8 cm³/mol. The molecule has 9 heteroatoms. The first-order valence-electron chi connectivity index (χ1n) is 8.81. The average Bonchev–Trinajstić information content (AvgIpc) is 3.20. The number of carboxylic acids is 1. The Hall–Kier alpha value is -1.91. The summed E-state index contributed by atoms with van der Waals surface area (Å²) in [4.78, 5) is 24.0. The van der Waals surface area contributed by atoms with Crippen molar-refractivity contribution in [3.05, 3.63) is 52.9 Å². The number of anilines is 1. The molecule has 8 nitrogen and oxygen atoms in total. The normalized spacial score (nSPS) is 10.6. The Labute approximate surface area is 210 Å². The number of aromatic carboxylic acids is 1. The zero-order valence-corrected chi connectivity index (χ0v) is 19.7. The van der Waals surface area contributed by atoms with Crippen LogP contribution in [0.25, 0.3) is 11.3 Å². The summed E-state index contributed by atoms with van der Waals surface area (Å²) in [5.41, 5.74) is 7.76. The van der Waals surface area contributed by atoms with E-state index in [1.54, 1.807) is 31.2 Å². The van der Waals surface area contributed by atoms with E-state index in [1.165, 1.54) is 10.8 Å². The number of ketones is 1. The van der Waals surface area contributed by atoms with Crippen molar-refractivity contribution in [1.29, 1.82) is 0 Å².